The topological polar surface area (TPSA) is 210 Å². The standard InChI is InChI=1S/C58H74N10O7S2/c1-34(2)49(67-26-42(24-62-67)57(5,6)7)55(73)66-29-45(22-48(66)54(72)64-46(30-69)38-17-19-41(20-18-38)52-36(4)61-33-77-52)75-31-58(8,9)43-25-63-68(27-43)50(39-11-10-12-39)56(74)65-28-44(70)21-47(65)53(71)59-23-37-13-15-40(16-14-37)51-35(3)60-32-76-51/h13-20,24-27,32-34,39,44-50,69-70H,10-12,21-23,28-31H2,1-9H3,(H,59,71)(H,64,72). The van der Waals surface area contributed by atoms with Crippen molar-refractivity contribution in [1.82, 2.24) is 50.0 Å². The molecule has 2 aromatic carbocycles. The van der Waals surface area contributed by atoms with Gasteiger partial charge in [0.2, 0.25) is 23.6 Å². The largest absolute Gasteiger partial charge is 0.394 e. The Balaban J connectivity index is 0.891. The van der Waals surface area contributed by atoms with Crippen LogP contribution in [-0.2, 0) is 41.3 Å². The number of benzene rings is 2. The highest BCUT2D eigenvalue weighted by Gasteiger charge is 2.47. The van der Waals surface area contributed by atoms with Gasteiger partial charge >= 0.3 is 0 Å². The maximum Gasteiger partial charge on any atom is 0.248 e. The van der Waals surface area contributed by atoms with Crippen molar-refractivity contribution in [3.8, 4) is 20.9 Å². The van der Waals surface area contributed by atoms with Gasteiger partial charge in [-0.05, 0) is 77.3 Å². The van der Waals surface area contributed by atoms with E-state index in [0.29, 0.717) is 0 Å². The molecule has 7 unspecified atom stereocenters. The van der Waals surface area contributed by atoms with Crippen molar-refractivity contribution in [1.29, 1.82) is 0 Å². The number of aryl methyl sites for hydroxylation is 2. The number of carbonyl (C=O) groups excluding carboxylic acids is 4. The molecule has 0 spiro atoms. The van der Waals surface area contributed by atoms with Crippen LogP contribution < -0.4 is 10.6 Å². The molecular formula is C58H74N10O7S2. The van der Waals surface area contributed by atoms with Gasteiger partial charge in [0.1, 0.15) is 24.2 Å². The Kier molecular flexibility index (Phi) is 16.7. The maximum atomic E-state index is 15.0. The van der Waals surface area contributed by atoms with Gasteiger partial charge in [-0.2, -0.15) is 10.2 Å². The molecule has 19 heteroatoms. The van der Waals surface area contributed by atoms with Crippen molar-refractivity contribution in [3.05, 3.63) is 118 Å². The van der Waals surface area contributed by atoms with Crippen LogP contribution in [0.3, 0.4) is 0 Å². The van der Waals surface area contributed by atoms with Crippen molar-refractivity contribution >= 4 is 46.3 Å². The van der Waals surface area contributed by atoms with Crippen LogP contribution in [0.4, 0.5) is 0 Å². The first kappa shape index (κ1) is 55.6. The van der Waals surface area contributed by atoms with E-state index in [0.717, 1.165) is 73.8 Å². The number of hydrogen-bond acceptors (Lipinski definition) is 13. The fraction of sp³-hybridized carbons (Fsp3) is 0.517. The van der Waals surface area contributed by atoms with Gasteiger partial charge in [-0.3, -0.25) is 28.5 Å². The molecule has 6 heterocycles. The Hall–Kier alpha value is -6.12. The summed E-state index contributed by atoms with van der Waals surface area (Å²) in [6, 6.07) is 11.9. The van der Waals surface area contributed by atoms with E-state index < -0.39 is 53.7 Å². The van der Waals surface area contributed by atoms with E-state index in [-0.39, 0.29) is 80.7 Å². The summed E-state index contributed by atoms with van der Waals surface area (Å²) in [6.07, 6.45) is 9.03. The normalized spacial score (nSPS) is 20.3. The Morgan fingerprint density at radius 3 is 1.91 bits per heavy atom. The van der Waals surface area contributed by atoms with E-state index in [2.05, 4.69) is 46.5 Å². The molecule has 0 radical (unpaired) electrons. The Morgan fingerprint density at radius 2 is 1.35 bits per heavy atom. The lowest BCUT2D eigenvalue weighted by Crippen LogP contribution is -2.50. The summed E-state index contributed by atoms with van der Waals surface area (Å²) >= 11 is 3.14. The first-order valence-electron chi connectivity index (χ1n) is 26.9. The predicted molar refractivity (Wildman–Crippen MR) is 297 cm³/mol. The molecule has 17 nitrogen and oxygen atoms in total. The maximum absolute atomic E-state index is 15.0. The highest BCUT2D eigenvalue weighted by Crippen LogP contribution is 2.40. The van der Waals surface area contributed by atoms with Crippen LogP contribution in [0.1, 0.15) is 132 Å². The molecule has 3 aliphatic rings. The SMILES string of the molecule is Cc1ncsc1-c1ccc(CNC(=O)C2CC(O)CN2C(=O)C(C2CCC2)n2cc(C(C)(C)COC3CC(C(=O)NC(CO)c4ccc(-c5scnc5C)cc4)N(C(=O)C(C(C)C)n4cc(C(C)(C)C)cn4)C3)cn2)cc1. The summed E-state index contributed by atoms with van der Waals surface area (Å²) in [7, 11) is 0. The monoisotopic (exact) mass is 1090 g/mol. The number of aliphatic hydroxyl groups excluding tert-OH is 2. The summed E-state index contributed by atoms with van der Waals surface area (Å²) in [5.74, 6) is -1.35. The van der Waals surface area contributed by atoms with Gasteiger partial charge < -0.3 is 35.4 Å². The number of amides is 4. The number of hydrogen-bond donors (Lipinski definition) is 4. The molecule has 4 amide bonds. The number of likely N-dealkylation sites (tertiary alicyclic amines) is 2. The van der Waals surface area contributed by atoms with Crippen LogP contribution >= 0.6 is 22.7 Å². The smallest absolute Gasteiger partial charge is 0.248 e. The van der Waals surface area contributed by atoms with E-state index in [4.69, 9.17) is 9.84 Å². The number of carbonyl (C=O) groups is 4. The number of aromatic nitrogens is 6. The summed E-state index contributed by atoms with van der Waals surface area (Å²) < 4.78 is 10.2. The van der Waals surface area contributed by atoms with Gasteiger partial charge in [-0.25, -0.2) is 9.97 Å². The minimum absolute atomic E-state index is 0.0103. The average molecular weight is 1090 g/mol. The number of nitrogens with one attached hydrogen (secondary N) is 2. The third kappa shape index (κ3) is 12.1. The minimum atomic E-state index is -0.903. The minimum Gasteiger partial charge on any atom is -0.394 e. The number of aliphatic hydroxyl groups is 2. The van der Waals surface area contributed by atoms with Crippen LogP contribution in [0.15, 0.2) is 84.3 Å². The van der Waals surface area contributed by atoms with Crippen molar-refractivity contribution in [2.75, 3.05) is 26.3 Å². The zero-order chi connectivity index (χ0) is 54.9. The fourth-order valence-corrected chi connectivity index (χ4v) is 12.4. The summed E-state index contributed by atoms with van der Waals surface area (Å²) in [4.78, 5) is 72.2. The van der Waals surface area contributed by atoms with Crippen LogP contribution in [0.25, 0.3) is 20.9 Å². The third-order valence-corrected chi connectivity index (χ3v) is 17.8. The molecule has 1 aliphatic carbocycles. The van der Waals surface area contributed by atoms with E-state index in [1.54, 1.807) is 49.3 Å². The summed E-state index contributed by atoms with van der Waals surface area (Å²) in [6.45, 7) is 18.6. The Bertz CT molecular complexity index is 3020. The lowest BCUT2D eigenvalue weighted by Gasteiger charge is -2.36. The van der Waals surface area contributed by atoms with E-state index in [9.17, 15) is 29.4 Å². The molecule has 6 aromatic rings. The molecule has 3 fully saturated rings. The molecule has 410 valence electrons. The molecule has 9 rings (SSSR count). The number of thiazole rings is 2. The summed E-state index contributed by atoms with van der Waals surface area (Å²) in [5.41, 5.74) is 10.2. The van der Waals surface area contributed by atoms with Gasteiger partial charge in [0.05, 0.1) is 76.0 Å². The first-order chi connectivity index (χ1) is 36.7. The van der Waals surface area contributed by atoms with Crippen molar-refractivity contribution < 1.29 is 34.1 Å². The van der Waals surface area contributed by atoms with Gasteiger partial charge in [0.15, 0.2) is 0 Å². The molecule has 7 atom stereocenters. The zero-order valence-corrected chi connectivity index (χ0v) is 47.3. The second-order valence-corrected chi connectivity index (χ2v) is 25.0. The fourth-order valence-electron chi connectivity index (χ4n) is 10.8. The van der Waals surface area contributed by atoms with Crippen molar-refractivity contribution in [3.63, 3.8) is 0 Å². The molecule has 2 aliphatic heterocycles. The molecular weight excluding hydrogens is 1010 g/mol. The average Bonchev–Trinajstić information content (AvgIpc) is 4.26. The predicted octanol–water partition coefficient (Wildman–Crippen LogP) is 7.87. The molecule has 4 N–H and O–H groups in total. The number of β-amino-alcohol motifs (C(OH)–C–C–N with tert-alkyl or cyclic N) is 1. The zero-order valence-electron chi connectivity index (χ0n) is 45.7. The highest BCUT2D eigenvalue weighted by atomic mass is 32.1. The quantitative estimate of drug-likeness (QED) is 0.0613. The molecule has 0 bridgehead atoms. The van der Waals surface area contributed by atoms with E-state index in [1.807, 2.05) is 113 Å². The number of nitrogens with zero attached hydrogens (tertiary/aromatic N) is 8. The first-order valence-corrected chi connectivity index (χ1v) is 28.6. The lowest BCUT2D eigenvalue weighted by molar-refractivity contribution is -0.143. The van der Waals surface area contributed by atoms with Crippen LogP contribution in [0, 0.1) is 25.7 Å². The van der Waals surface area contributed by atoms with Crippen LogP contribution in [0.5, 0.6) is 0 Å². The van der Waals surface area contributed by atoms with E-state index in [1.165, 1.54) is 4.90 Å². The van der Waals surface area contributed by atoms with Crippen LogP contribution in [0.2, 0.25) is 0 Å². The van der Waals surface area contributed by atoms with Gasteiger partial charge in [0.25, 0.3) is 0 Å². The van der Waals surface area contributed by atoms with Crippen LogP contribution in [-0.4, -0.2) is 124 Å². The molecule has 1 saturated carbocycles. The molecule has 2 saturated heterocycles. The van der Waals surface area contributed by atoms with Gasteiger partial charge in [-0.1, -0.05) is 103 Å². The lowest BCUT2D eigenvalue weighted by atomic mass is 9.79. The van der Waals surface area contributed by atoms with Crippen molar-refractivity contribution in [2.45, 2.75) is 154 Å². The number of rotatable bonds is 19. The third-order valence-electron chi connectivity index (χ3n) is 15.8. The number of ether oxygens (including phenoxy) is 1. The highest BCUT2D eigenvalue weighted by molar-refractivity contribution is 7.13. The molecule has 4 aromatic heterocycles. The van der Waals surface area contributed by atoms with Gasteiger partial charge in [0, 0.05) is 50.3 Å². The second-order valence-electron chi connectivity index (χ2n) is 23.3. The summed E-state index contributed by atoms with van der Waals surface area (Å²) in [5, 5.41) is 37.1. The van der Waals surface area contributed by atoms with Gasteiger partial charge in [-0.15, -0.1) is 22.7 Å². The van der Waals surface area contributed by atoms with E-state index >= 15 is 0 Å². The Labute approximate surface area is 459 Å². The molecule has 77 heavy (non-hydrogen) atoms. The second kappa shape index (κ2) is 23.1. The van der Waals surface area contributed by atoms with Crippen molar-refractivity contribution in [2.24, 2.45) is 11.8 Å². The Morgan fingerprint density at radius 1 is 0.766 bits per heavy atom.